The van der Waals surface area contributed by atoms with Gasteiger partial charge in [-0.05, 0) is 30.7 Å². The summed E-state index contributed by atoms with van der Waals surface area (Å²) in [6.07, 6.45) is 6.72. The van der Waals surface area contributed by atoms with Crippen molar-refractivity contribution in [3.8, 4) is 0 Å². The van der Waals surface area contributed by atoms with Crippen LogP contribution < -0.4 is 11.1 Å². The van der Waals surface area contributed by atoms with E-state index in [2.05, 4.69) is 5.32 Å². The number of rotatable bonds is 7. The van der Waals surface area contributed by atoms with Crippen LogP contribution in [0.4, 0.5) is 0 Å². The maximum Gasteiger partial charge on any atom is 0.328 e. The Bertz CT molecular complexity index is 357. The average molecular weight is 335 g/mol. The predicted molar refractivity (Wildman–Crippen MR) is 89.8 cm³/mol. The van der Waals surface area contributed by atoms with Crippen molar-refractivity contribution in [1.82, 2.24) is 5.32 Å². The summed E-state index contributed by atoms with van der Waals surface area (Å²) >= 11 is 0. The lowest BCUT2D eigenvalue weighted by Gasteiger charge is -2.36. The minimum absolute atomic E-state index is 0. The molecule has 0 aliphatic heterocycles. The number of hydrogen-bond acceptors (Lipinski definition) is 4. The number of carbonyl (C=O) groups is 2. The molecule has 1 saturated carbocycles. The first-order chi connectivity index (χ1) is 9.98. The maximum absolute atomic E-state index is 12.4. The van der Waals surface area contributed by atoms with E-state index in [0.717, 1.165) is 32.1 Å². The first kappa shape index (κ1) is 21.2. The van der Waals surface area contributed by atoms with Crippen molar-refractivity contribution in [2.75, 3.05) is 13.7 Å². The molecule has 0 aromatic rings. The van der Waals surface area contributed by atoms with Gasteiger partial charge >= 0.3 is 5.97 Å². The number of methoxy groups -OCH3 is 1. The molecule has 1 fully saturated rings. The van der Waals surface area contributed by atoms with Gasteiger partial charge in [-0.1, -0.05) is 39.5 Å². The third-order valence-corrected chi connectivity index (χ3v) is 4.87. The third-order valence-electron chi connectivity index (χ3n) is 4.87. The molecule has 22 heavy (non-hydrogen) atoms. The van der Waals surface area contributed by atoms with Crippen molar-refractivity contribution in [2.45, 2.75) is 64.8 Å². The van der Waals surface area contributed by atoms with Crippen molar-refractivity contribution in [1.29, 1.82) is 0 Å². The molecular weight excluding hydrogens is 304 g/mol. The lowest BCUT2D eigenvalue weighted by Crippen LogP contribution is -2.48. The monoisotopic (exact) mass is 334 g/mol. The molecule has 6 heteroatoms. The van der Waals surface area contributed by atoms with E-state index < -0.39 is 6.04 Å². The summed E-state index contributed by atoms with van der Waals surface area (Å²) in [6.45, 7) is 4.48. The van der Waals surface area contributed by atoms with Crippen molar-refractivity contribution < 1.29 is 14.3 Å². The highest BCUT2D eigenvalue weighted by Gasteiger charge is 2.35. The molecule has 3 N–H and O–H groups in total. The highest BCUT2D eigenvalue weighted by atomic mass is 35.5. The Kier molecular flexibility index (Phi) is 9.69. The van der Waals surface area contributed by atoms with Crippen LogP contribution in [0.15, 0.2) is 0 Å². The number of hydrogen-bond donors (Lipinski definition) is 2. The van der Waals surface area contributed by atoms with E-state index in [1.807, 2.05) is 13.8 Å². The number of nitrogens with two attached hydrogens (primary N) is 1. The molecule has 5 nitrogen and oxygen atoms in total. The molecular formula is C16H31ClN2O3. The first-order valence-corrected chi connectivity index (χ1v) is 8.05. The van der Waals surface area contributed by atoms with Gasteiger partial charge in [0.15, 0.2) is 0 Å². The summed E-state index contributed by atoms with van der Waals surface area (Å²) in [5.41, 5.74) is 5.83. The van der Waals surface area contributed by atoms with Crippen LogP contribution in [-0.4, -0.2) is 31.6 Å². The largest absolute Gasteiger partial charge is 0.467 e. The molecule has 1 aliphatic rings. The molecule has 1 amide bonds. The average Bonchev–Trinajstić information content (AvgIpc) is 2.52. The van der Waals surface area contributed by atoms with Crippen LogP contribution in [0.2, 0.25) is 0 Å². The van der Waals surface area contributed by atoms with Gasteiger partial charge in [0.05, 0.1) is 7.11 Å². The molecule has 0 radical (unpaired) electrons. The van der Waals surface area contributed by atoms with Gasteiger partial charge in [-0.3, -0.25) is 4.79 Å². The Morgan fingerprint density at radius 2 is 1.86 bits per heavy atom. The fourth-order valence-electron chi connectivity index (χ4n) is 3.12. The lowest BCUT2D eigenvalue weighted by atomic mass is 9.71. The molecule has 2 atom stereocenters. The minimum Gasteiger partial charge on any atom is -0.467 e. The van der Waals surface area contributed by atoms with Crippen LogP contribution in [0, 0.1) is 11.3 Å². The Hall–Kier alpha value is -0.810. The first-order valence-electron chi connectivity index (χ1n) is 8.05. The third kappa shape index (κ3) is 5.76. The van der Waals surface area contributed by atoms with E-state index in [1.54, 1.807) is 0 Å². The Labute approximate surface area is 140 Å². The number of halogens is 1. The number of amides is 1. The summed E-state index contributed by atoms with van der Waals surface area (Å²) in [5, 5.41) is 2.86. The molecule has 0 spiro atoms. The second-order valence-corrected chi connectivity index (χ2v) is 6.40. The predicted octanol–water partition coefficient (Wildman–Crippen LogP) is 2.41. The second kappa shape index (κ2) is 10.1. The van der Waals surface area contributed by atoms with E-state index in [0.29, 0.717) is 13.0 Å². The van der Waals surface area contributed by atoms with Crippen LogP contribution in [0.5, 0.6) is 0 Å². The zero-order valence-corrected chi connectivity index (χ0v) is 14.8. The van der Waals surface area contributed by atoms with Crippen LogP contribution in [0.1, 0.15) is 58.8 Å². The summed E-state index contributed by atoms with van der Waals surface area (Å²) in [5.74, 6) is -0.400. The SMILES string of the molecule is CC[C@H](C)[C@H](NC(=O)CC1(CN)CCCCC1)C(=O)OC.Cl. The zero-order valence-electron chi connectivity index (χ0n) is 14.0. The van der Waals surface area contributed by atoms with Gasteiger partial charge in [0.2, 0.25) is 5.91 Å². The van der Waals surface area contributed by atoms with E-state index in [-0.39, 0.29) is 35.6 Å². The molecule has 0 heterocycles. The van der Waals surface area contributed by atoms with Crippen molar-refractivity contribution in [3.05, 3.63) is 0 Å². The normalized spacial score (nSPS) is 19.5. The molecule has 1 rings (SSSR count). The Balaban J connectivity index is 0.00000441. The quantitative estimate of drug-likeness (QED) is 0.700. The molecule has 1 aliphatic carbocycles. The summed E-state index contributed by atoms with van der Waals surface area (Å²) in [7, 11) is 1.35. The van der Waals surface area contributed by atoms with Gasteiger partial charge in [0.25, 0.3) is 0 Å². The van der Waals surface area contributed by atoms with Crippen LogP contribution >= 0.6 is 12.4 Å². The highest BCUT2D eigenvalue weighted by molar-refractivity contribution is 5.85. The van der Waals surface area contributed by atoms with Crippen molar-refractivity contribution in [2.24, 2.45) is 17.1 Å². The van der Waals surface area contributed by atoms with Crippen LogP contribution in [0.3, 0.4) is 0 Å². The van der Waals surface area contributed by atoms with E-state index in [1.165, 1.54) is 13.5 Å². The summed E-state index contributed by atoms with van der Waals surface area (Å²) < 4.78 is 4.80. The van der Waals surface area contributed by atoms with Crippen LogP contribution in [-0.2, 0) is 14.3 Å². The maximum atomic E-state index is 12.4. The second-order valence-electron chi connectivity index (χ2n) is 6.40. The fraction of sp³-hybridized carbons (Fsp3) is 0.875. The Morgan fingerprint density at radius 1 is 1.27 bits per heavy atom. The summed E-state index contributed by atoms with van der Waals surface area (Å²) in [6, 6.07) is -0.564. The topological polar surface area (TPSA) is 81.4 Å². The highest BCUT2D eigenvalue weighted by Crippen LogP contribution is 2.38. The van der Waals surface area contributed by atoms with Gasteiger partial charge < -0.3 is 15.8 Å². The number of ether oxygens (including phenoxy) is 1. The van der Waals surface area contributed by atoms with Gasteiger partial charge in [0, 0.05) is 6.42 Å². The van der Waals surface area contributed by atoms with Gasteiger partial charge in [0.1, 0.15) is 6.04 Å². The van der Waals surface area contributed by atoms with Crippen molar-refractivity contribution >= 4 is 24.3 Å². The van der Waals surface area contributed by atoms with E-state index in [4.69, 9.17) is 10.5 Å². The molecule has 0 aromatic heterocycles. The van der Waals surface area contributed by atoms with Crippen LogP contribution in [0.25, 0.3) is 0 Å². The molecule has 0 saturated heterocycles. The number of esters is 1. The zero-order chi connectivity index (χ0) is 15.9. The molecule has 130 valence electrons. The van der Waals surface area contributed by atoms with Gasteiger partial charge in [-0.2, -0.15) is 0 Å². The fourth-order valence-corrected chi connectivity index (χ4v) is 3.12. The van der Waals surface area contributed by atoms with E-state index >= 15 is 0 Å². The van der Waals surface area contributed by atoms with E-state index in [9.17, 15) is 9.59 Å². The number of nitrogens with one attached hydrogen (secondary N) is 1. The Morgan fingerprint density at radius 3 is 2.32 bits per heavy atom. The standard InChI is InChI=1S/C16H30N2O3.ClH/c1-4-12(2)14(15(20)21-3)18-13(19)10-16(11-17)8-6-5-7-9-16;/h12,14H,4-11,17H2,1-3H3,(H,18,19);1H/t12-,14-;/m0./s1. The van der Waals surface area contributed by atoms with Gasteiger partial charge in [-0.15, -0.1) is 12.4 Å². The smallest absolute Gasteiger partial charge is 0.328 e. The van der Waals surface area contributed by atoms with Gasteiger partial charge in [-0.25, -0.2) is 4.79 Å². The lowest BCUT2D eigenvalue weighted by molar-refractivity contribution is -0.147. The minimum atomic E-state index is -0.564. The molecule has 0 aromatic carbocycles. The molecule has 0 unspecified atom stereocenters. The number of carbonyl (C=O) groups excluding carboxylic acids is 2. The summed E-state index contributed by atoms with van der Waals surface area (Å²) in [4.78, 5) is 24.2. The van der Waals surface area contributed by atoms with Crippen molar-refractivity contribution in [3.63, 3.8) is 0 Å². The molecule has 0 bridgehead atoms.